The second kappa shape index (κ2) is 5.54. The normalized spacial score (nSPS) is 22.2. The molecule has 5 nitrogen and oxygen atoms in total. The molecule has 1 atom stereocenters. The molecule has 1 saturated heterocycles. The van der Waals surface area contributed by atoms with E-state index in [-0.39, 0.29) is 0 Å². The van der Waals surface area contributed by atoms with Gasteiger partial charge in [0.15, 0.2) is 0 Å². The number of fused-ring (bicyclic) bond motifs is 1. The number of imidazole rings is 1. The van der Waals surface area contributed by atoms with Crippen LogP contribution in [0.4, 0.5) is 0 Å². The number of H-pyrrole nitrogens is 1. The third kappa shape index (κ3) is 2.28. The Morgan fingerprint density at radius 2 is 2.14 bits per heavy atom. The Balaban J connectivity index is 1.61. The second-order valence-electron chi connectivity index (χ2n) is 6.78. The SMILES string of the molecule is Cc1[nH]ncc1CN1CCCC1c1nc2c(n1C)CCCC2. The molecule has 0 amide bonds. The van der Waals surface area contributed by atoms with Gasteiger partial charge in [-0.3, -0.25) is 10.00 Å². The number of nitrogens with one attached hydrogen (secondary N) is 1. The molecule has 0 aromatic carbocycles. The second-order valence-corrected chi connectivity index (χ2v) is 6.78. The fourth-order valence-electron chi connectivity index (χ4n) is 4.07. The molecule has 0 radical (unpaired) electrons. The van der Waals surface area contributed by atoms with Crippen LogP contribution in [0.1, 0.15) is 60.2 Å². The van der Waals surface area contributed by atoms with E-state index in [4.69, 9.17) is 4.98 Å². The first-order valence-corrected chi connectivity index (χ1v) is 8.51. The topological polar surface area (TPSA) is 49.7 Å². The lowest BCUT2D eigenvalue weighted by Gasteiger charge is -2.24. The first-order chi connectivity index (χ1) is 10.7. The number of likely N-dealkylation sites (tertiary alicyclic amines) is 1. The van der Waals surface area contributed by atoms with Crippen LogP contribution in [0, 0.1) is 6.92 Å². The van der Waals surface area contributed by atoms with E-state index in [0.717, 1.165) is 19.5 Å². The number of aryl methyl sites for hydroxylation is 2. The summed E-state index contributed by atoms with van der Waals surface area (Å²) in [4.78, 5) is 7.61. The Kier molecular flexibility index (Phi) is 3.53. The van der Waals surface area contributed by atoms with Gasteiger partial charge in [-0.25, -0.2) is 4.98 Å². The Hall–Kier alpha value is -1.62. The zero-order valence-electron chi connectivity index (χ0n) is 13.6. The molecule has 118 valence electrons. The zero-order valence-corrected chi connectivity index (χ0v) is 13.6. The van der Waals surface area contributed by atoms with Crippen molar-refractivity contribution in [3.63, 3.8) is 0 Å². The first-order valence-electron chi connectivity index (χ1n) is 8.51. The lowest BCUT2D eigenvalue weighted by atomic mass is 10.0. The maximum absolute atomic E-state index is 5.03. The van der Waals surface area contributed by atoms with Crippen molar-refractivity contribution >= 4 is 0 Å². The van der Waals surface area contributed by atoms with Crippen molar-refractivity contribution in [1.29, 1.82) is 0 Å². The van der Waals surface area contributed by atoms with Crippen molar-refractivity contribution in [3.8, 4) is 0 Å². The quantitative estimate of drug-likeness (QED) is 0.948. The molecule has 4 rings (SSSR count). The molecule has 1 fully saturated rings. The minimum atomic E-state index is 0.463. The van der Waals surface area contributed by atoms with Crippen LogP contribution < -0.4 is 0 Å². The molecule has 0 bridgehead atoms. The van der Waals surface area contributed by atoms with Gasteiger partial charge >= 0.3 is 0 Å². The van der Waals surface area contributed by atoms with E-state index in [2.05, 4.69) is 33.6 Å². The van der Waals surface area contributed by atoms with Gasteiger partial charge in [0, 0.05) is 30.5 Å². The molecule has 0 spiro atoms. The van der Waals surface area contributed by atoms with Crippen molar-refractivity contribution in [2.75, 3.05) is 6.54 Å². The maximum atomic E-state index is 5.03. The van der Waals surface area contributed by atoms with Gasteiger partial charge in [-0.2, -0.15) is 5.10 Å². The van der Waals surface area contributed by atoms with Gasteiger partial charge in [-0.1, -0.05) is 0 Å². The first kappa shape index (κ1) is 14.0. The summed E-state index contributed by atoms with van der Waals surface area (Å²) in [6, 6.07) is 0.463. The van der Waals surface area contributed by atoms with Crippen LogP contribution in [0.15, 0.2) is 6.20 Å². The van der Waals surface area contributed by atoms with Gasteiger partial charge in [0.1, 0.15) is 5.82 Å². The molecule has 5 heteroatoms. The van der Waals surface area contributed by atoms with Gasteiger partial charge in [-0.15, -0.1) is 0 Å². The molecule has 2 aliphatic rings. The van der Waals surface area contributed by atoms with E-state index in [9.17, 15) is 0 Å². The van der Waals surface area contributed by atoms with E-state index in [1.54, 1.807) is 0 Å². The van der Waals surface area contributed by atoms with Gasteiger partial charge in [0.2, 0.25) is 0 Å². The molecular formula is C17H25N5. The maximum Gasteiger partial charge on any atom is 0.126 e. The van der Waals surface area contributed by atoms with Gasteiger partial charge < -0.3 is 4.57 Å². The Morgan fingerprint density at radius 3 is 2.91 bits per heavy atom. The van der Waals surface area contributed by atoms with Gasteiger partial charge in [0.25, 0.3) is 0 Å². The molecule has 2 aromatic rings. The van der Waals surface area contributed by atoms with Crippen LogP contribution >= 0.6 is 0 Å². The molecule has 2 aromatic heterocycles. The minimum Gasteiger partial charge on any atom is -0.334 e. The average Bonchev–Trinajstić information content (AvgIpc) is 3.21. The molecule has 0 saturated carbocycles. The Labute approximate surface area is 131 Å². The largest absolute Gasteiger partial charge is 0.334 e. The van der Waals surface area contributed by atoms with Crippen LogP contribution in [0.2, 0.25) is 0 Å². The summed E-state index contributed by atoms with van der Waals surface area (Å²) in [7, 11) is 2.21. The lowest BCUT2D eigenvalue weighted by molar-refractivity contribution is 0.236. The summed E-state index contributed by atoms with van der Waals surface area (Å²) in [5.41, 5.74) is 5.33. The number of hydrogen-bond donors (Lipinski definition) is 1. The fourth-order valence-corrected chi connectivity index (χ4v) is 4.07. The molecule has 22 heavy (non-hydrogen) atoms. The summed E-state index contributed by atoms with van der Waals surface area (Å²) in [6.07, 6.45) is 9.43. The summed E-state index contributed by atoms with van der Waals surface area (Å²) in [5, 5.41) is 7.21. The van der Waals surface area contributed by atoms with Gasteiger partial charge in [0.05, 0.1) is 17.9 Å². The fraction of sp³-hybridized carbons (Fsp3) is 0.647. The van der Waals surface area contributed by atoms with Crippen molar-refractivity contribution in [2.45, 2.75) is 58.0 Å². The highest BCUT2D eigenvalue weighted by molar-refractivity contribution is 5.22. The number of aromatic amines is 1. The number of aromatic nitrogens is 4. The van der Waals surface area contributed by atoms with E-state index in [1.807, 2.05) is 6.20 Å². The Bertz CT molecular complexity index is 669. The highest BCUT2D eigenvalue weighted by atomic mass is 15.2. The third-order valence-electron chi connectivity index (χ3n) is 5.38. The summed E-state index contributed by atoms with van der Waals surface area (Å²) >= 11 is 0. The number of rotatable bonds is 3. The molecule has 3 heterocycles. The monoisotopic (exact) mass is 299 g/mol. The van der Waals surface area contributed by atoms with E-state index in [0.29, 0.717) is 6.04 Å². The number of nitrogens with zero attached hydrogens (tertiary/aromatic N) is 4. The van der Waals surface area contributed by atoms with Crippen molar-refractivity contribution in [2.24, 2.45) is 7.05 Å². The summed E-state index contributed by atoms with van der Waals surface area (Å²) < 4.78 is 2.39. The number of hydrogen-bond acceptors (Lipinski definition) is 3. The summed E-state index contributed by atoms with van der Waals surface area (Å²) in [5.74, 6) is 1.28. The lowest BCUT2D eigenvalue weighted by Crippen LogP contribution is -2.25. The zero-order chi connectivity index (χ0) is 15.1. The van der Waals surface area contributed by atoms with E-state index >= 15 is 0 Å². The standard InChI is InChI=1S/C17H25N5/c1-12-13(10-18-20-12)11-22-9-5-8-16(22)17-19-14-6-3-4-7-15(14)21(17)2/h10,16H,3-9,11H2,1-2H3,(H,18,20). The summed E-state index contributed by atoms with van der Waals surface area (Å²) in [6.45, 7) is 4.24. The van der Waals surface area contributed by atoms with Crippen LogP contribution in [-0.2, 0) is 26.4 Å². The highest BCUT2D eigenvalue weighted by Crippen LogP contribution is 2.34. The van der Waals surface area contributed by atoms with Crippen LogP contribution in [0.3, 0.4) is 0 Å². The van der Waals surface area contributed by atoms with Crippen LogP contribution in [0.25, 0.3) is 0 Å². The highest BCUT2D eigenvalue weighted by Gasteiger charge is 2.31. The van der Waals surface area contributed by atoms with E-state index in [1.165, 1.54) is 60.6 Å². The minimum absolute atomic E-state index is 0.463. The molecular weight excluding hydrogens is 274 g/mol. The predicted molar refractivity (Wildman–Crippen MR) is 85.6 cm³/mol. The molecule has 1 unspecified atom stereocenters. The van der Waals surface area contributed by atoms with Gasteiger partial charge in [-0.05, 0) is 52.0 Å². The average molecular weight is 299 g/mol. The van der Waals surface area contributed by atoms with E-state index < -0.39 is 0 Å². The predicted octanol–water partition coefficient (Wildman–Crippen LogP) is 2.67. The van der Waals surface area contributed by atoms with Crippen molar-refractivity contribution in [3.05, 3.63) is 34.7 Å². The molecule has 1 N–H and O–H groups in total. The molecule has 1 aliphatic carbocycles. The van der Waals surface area contributed by atoms with Crippen molar-refractivity contribution in [1.82, 2.24) is 24.6 Å². The van der Waals surface area contributed by atoms with Crippen LogP contribution in [0.5, 0.6) is 0 Å². The smallest absolute Gasteiger partial charge is 0.126 e. The van der Waals surface area contributed by atoms with Crippen molar-refractivity contribution < 1.29 is 0 Å². The van der Waals surface area contributed by atoms with Crippen LogP contribution in [-0.4, -0.2) is 31.2 Å². The third-order valence-corrected chi connectivity index (χ3v) is 5.38. The Morgan fingerprint density at radius 1 is 1.27 bits per heavy atom. The molecule has 1 aliphatic heterocycles.